The fourth-order valence-electron chi connectivity index (χ4n) is 1.98. The van der Waals surface area contributed by atoms with E-state index in [4.69, 9.17) is 9.63 Å². The standard InChI is InChI=1S/C11H14N2O4/c1-7-5-9(17-12-7)10(14)13-4-2-3-8(6-13)11(15)16/h5,8H,2-4,6H2,1H3,(H,15,16)/t8-/m0/s1. The molecule has 6 nitrogen and oxygen atoms in total. The molecule has 0 spiro atoms. The van der Waals surface area contributed by atoms with Gasteiger partial charge in [-0.2, -0.15) is 0 Å². The molecule has 17 heavy (non-hydrogen) atoms. The molecule has 0 unspecified atom stereocenters. The van der Waals surface area contributed by atoms with Gasteiger partial charge in [-0.25, -0.2) is 0 Å². The van der Waals surface area contributed by atoms with E-state index < -0.39 is 11.9 Å². The van der Waals surface area contributed by atoms with Gasteiger partial charge in [-0.05, 0) is 19.8 Å². The number of likely N-dealkylation sites (tertiary alicyclic amines) is 1. The maximum Gasteiger partial charge on any atom is 0.308 e. The second-order valence-electron chi connectivity index (χ2n) is 4.26. The van der Waals surface area contributed by atoms with Gasteiger partial charge in [-0.3, -0.25) is 9.59 Å². The number of rotatable bonds is 2. The molecule has 2 rings (SSSR count). The first-order valence-corrected chi connectivity index (χ1v) is 5.53. The molecule has 0 aromatic carbocycles. The number of nitrogens with zero attached hydrogens (tertiary/aromatic N) is 2. The van der Waals surface area contributed by atoms with E-state index in [1.54, 1.807) is 13.0 Å². The molecule has 0 saturated carbocycles. The number of carboxylic acid groups (broad SMARTS) is 1. The van der Waals surface area contributed by atoms with Gasteiger partial charge in [0.25, 0.3) is 5.91 Å². The second-order valence-corrected chi connectivity index (χ2v) is 4.26. The smallest absolute Gasteiger partial charge is 0.308 e. The summed E-state index contributed by atoms with van der Waals surface area (Å²) in [5, 5.41) is 12.6. The number of amides is 1. The van der Waals surface area contributed by atoms with Gasteiger partial charge < -0.3 is 14.5 Å². The normalized spacial score (nSPS) is 20.3. The predicted octanol–water partition coefficient (Wildman–Crippen LogP) is 0.920. The van der Waals surface area contributed by atoms with E-state index in [-0.39, 0.29) is 18.2 Å². The van der Waals surface area contributed by atoms with E-state index in [9.17, 15) is 9.59 Å². The number of hydrogen-bond donors (Lipinski definition) is 1. The van der Waals surface area contributed by atoms with Gasteiger partial charge in [0.05, 0.1) is 11.6 Å². The third-order valence-corrected chi connectivity index (χ3v) is 2.90. The van der Waals surface area contributed by atoms with Crippen molar-refractivity contribution in [3.8, 4) is 0 Å². The van der Waals surface area contributed by atoms with Crippen LogP contribution < -0.4 is 0 Å². The summed E-state index contributed by atoms with van der Waals surface area (Å²) in [4.78, 5) is 24.4. The van der Waals surface area contributed by atoms with Gasteiger partial charge in [0.2, 0.25) is 5.76 Å². The molecule has 0 aliphatic carbocycles. The highest BCUT2D eigenvalue weighted by Gasteiger charge is 2.30. The molecule has 1 atom stereocenters. The van der Waals surface area contributed by atoms with Crippen molar-refractivity contribution < 1.29 is 19.2 Å². The minimum atomic E-state index is -0.851. The highest BCUT2D eigenvalue weighted by atomic mass is 16.5. The summed E-state index contributed by atoms with van der Waals surface area (Å²) in [5.74, 6) is -1.43. The summed E-state index contributed by atoms with van der Waals surface area (Å²) in [6.45, 7) is 2.55. The summed E-state index contributed by atoms with van der Waals surface area (Å²) in [6, 6.07) is 1.56. The third-order valence-electron chi connectivity index (χ3n) is 2.90. The SMILES string of the molecule is Cc1cc(C(=O)N2CCC[C@H](C(=O)O)C2)on1. The molecule has 1 amide bonds. The monoisotopic (exact) mass is 238 g/mol. The molecule has 1 aliphatic heterocycles. The number of carbonyl (C=O) groups is 2. The van der Waals surface area contributed by atoms with E-state index in [2.05, 4.69) is 5.16 Å². The van der Waals surface area contributed by atoms with Crippen molar-refractivity contribution in [1.82, 2.24) is 10.1 Å². The number of aliphatic carboxylic acids is 1. The van der Waals surface area contributed by atoms with Crippen molar-refractivity contribution in [1.29, 1.82) is 0 Å². The Hall–Kier alpha value is -1.85. The van der Waals surface area contributed by atoms with Crippen molar-refractivity contribution in [3.05, 3.63) is 17.5 Å². The van der Waals surface area contributed by atoms with Gasteiger partial charge in [0.1, 0.15) is 0 Å². The average Bonchev–Trinajstić information content (AvgIpc) is 2.75. The minimum absolute atomic E-state index is 0.175. The lowest BCUT2D eigenvalue weighted by Gasteiger charge is -2.29. The minimum Gasteiger partial charge on any atom is -0.481 e. The number of hydrogen-bond acceptors (Lipinski definition) is 4. The fourth-order valence-corrected chi connectivity index (χ4v) is 1.98. The quantitative estimate of drug-likeness (QED) is 0.828. The highest BCUT2D eigenvalue weighted by molar-refractivity contribution is 5.91. The van der Waals surface area contributed by atoms with Crippen LogP contribution in [-0.2, 0) is 4.79 Å². The average molecular weight is 238 g/mol. The molecule has 1 fully saturated rings. The predicted molar refractivity (Wildman–Crippen MR) is 57.5 cm³/mol. The van der Waals surface area contributed by atoms with E-state index in [0.717, 1.165) is 0 Å². The Morgan fingerprint density at radius 2 is 2.35 bits per heavy atom. The van der Waals surface area contributed by atoms with Crippen LogP contribution >= 0.6 is 0 Å². The lowest BCUT2D eigenvalue weighted by atomic mass is 9.98. The molecule has 1 aromatic heterocycles. The van der Waals surface area contributed by atoms with Crippen molar-refractivity contribution in [2.75, 3.05) is 13.1 Å². The summed E-state index contributed by atoms with van der Waals surface area (Å²) < 4.78 is 4.89. The molecular weight excluding hydrogens is 224 g/mol. The van der Waals surface area contributed by atoms with Crippen molar-refractivity contribution in [3.63, 3.8) is 0 Å². The molecule has 6 heteroatoms. The van der Waals surface area contributed by atoms with Crippen LogP contribution in [0.15, 0.2) is 10.6 Å². The van der Waals surface area contributed by atoms with E-state index in [1.165, 1.54) is 4.90 Å². The molecule has 0 radical (unpaired) electrons. The van der Waals surface area contributed by atoms with Crippen LogP contribution in [0, 0.1) is 12.8 Å². The number of piperidine rings is 1. The first-order valence-electron chi connectivity index (χ1n) is 5.53. The van der Waals surface area contributed by atoms with Crippen LogP contribution in [0.25, 0.3) is 0 Å². The molecule has 92 valence electrons. The Balaban J connectivity index is 2.07. The molecule has 1 aliphatic rings. The van der Waals surface area contributed by atoms with Crippen LogP contribution in [0.2, 0.25) is 0 Å². The van der Waals surface area contributed by atoms with Crippen LogP contribution in [0.3, 0.4) is 0 Å². The summed E-state index contributed by atoms with van der Waals surface area (Å²) >= 11 is 0. The third kappa shape index (κ3) is 2.46. The van der Waals surface area contributed by atoms with Crippen molar-refractivity contribution in [2.45, 2.75) is 19.8 Å². The van der Waals surface area contributed by atoms with Gasteiger partial charge in [-0.1, -0.05) is 5.16 Å². The first-order chi connectivity index (χ1) is 8.08. The number of aromatic nitrogens is 1. The Morgan fingerprint density at radius 1 is 1.59 bits per heavy atom. The highest BCUT2D eigenvalue weighted by Crippen LogP contribution is 2.19. The molecule has 0 bridgehead atoms. The number of carbonyl (C=O) groups excluding carboxylic acids is 1. The topological polar surface area (TPSA) is 83.6 Å². The molecular formula is C11H14N2O4. The molecule has 1 aromatic rings. The van der Waals surface area contributed by atoms with Crippen molar-refractivity contribution >= 4 is 11.9 Å². The summed E-state index contributed by atoms with van der Waals surface area (Å²) in [7, 11) is 0. The lowest BCUT2D eigenvalue weighted by molar-refractivity contribution is -0.143. The summed E-state index contributed by atoms with van der Waals surface area (Å²) in [6.07, 6.45) is 1.32. The Kier molecular flexibility index (Phi) is 3.12. The number of aryl methyl sites for hydroxylation is 1. The Labute approximate surface area is 98.2 Å². The van der Waals surface area contributed by atoms with Gasteiger partial charge in [0.15, 0.2) is 0 Å². The second kappa shape index (κ2) is 4.57. The zero-order valence-electron chi connectivity index (χ0n) is 9.55. The van der Waals surface area contributed by atoms with E-state index in [1.807, 2.05) is 0 Å². The maximum absolute atomic E-state index is 12.0. The molecule has 1 saturated heterocycles. The summed E-state index contributed by atoms with van der Waals surface area (Å²) in [5.41, 5.74) is 0.639. The van der Waals surface area contributed by atoms with Crippen LogP contribution in [-0.4, -0.2) is 40.1 Å². The Morgan fingerprint density at radius 3 is 2.94 bits per heavy atom. The van der Waals surface area contributed by atoms with E-state index >= 15 is 0 Å². The molecule has 2 heterocycles. The maximum atomic E-state index is 12.0. The van der Waals surface area contributed by atoms with Gasteiger partial charge >= 0.3 is 5.97 Å². The van der Waals surface area contributed by atoms with Crippen LogP contribution in [0.1, 0.15) is 29.1 Å². The van der Waals surface area contributed by atoms with Crippen molar-refractivity contribution in [2.24, 2.45) is 5.92 Å². The van der Waals surface area contributed by atoms with Gasteiger partial charge in [-0.15, -0.1) is 0 Å². The Bertz CT molecular complexity index is 440. The lowest BCUT2D eigenvalue weighted by Crippen LogP contribution is -2.42. The van der Waals surface area contributed by atoms with E-state index in [0.29, 0.717) is 25.1 Å². The van der Waals surface area contributed by atoms with Crippen LogP contribution in [0.5, 0.6) is 0 Å². The number of carboxylic acids is 1. The first kappa shape index (κ1) is 11.6. The zero-order chi connectivity index (χ0) is 12.4. The fraction of sp³-hybridized carbons (Fsp3) is 0.545. The zero-order valence-corrected chi connectivity index (χ0v) is 9.55. The largest absolute Gasteiger partial charge is 0.481 e. The van der Waals surface area contributed by atoms with Crippen LogP contribution in [0.4, 0.5) is 0 Å². The van der Waals surface area contributed by atoms with Gasteiger partial charge in [0, 0.05) is 19.2 Å². The molecule has 1 N–H and O–H groups in total.